The van der Waals surface area contributed by atoms with Crippen LogP contribution in [0.2, 0.25) is 0 Å². The first-order valence-electron chi connectivity index (χ1n) is 7.09. The number of ether oxygens (including phenoxy) is 1. The van der Waals surface area contributed by atoms with Crippen LogP contribution in [0, 0.1) is 0 Å². The van der Waals surface area contributed by atoms with E-state index in [1.807, 2.05) is 6.92 Å². The molecular weight excluding hydrogens is 228 g/mol. The van der Waals surface area contributed by atoms with Gasteiger partial charge in [0.15, 0.2) is 0 Å². The van der Waals surface area contributed by atoms with Crippen molar-refractivity contribution in [2.24, 2.45) is 0 Å². The zero-order chi connectivity index (χ0) is 14.0. The third-order valence-corrected chi connectivity index (χ3v) is 3.32. The van der Waals surface area contributed by atoms with Gasteiger partial charge in [-0.15, -0.1) is 0 Å². The normalized spacial score (nSPS) is 14.6. The Kier molecular flexibility index (Phi) is 9.02. The van der Waals surface area contributed by atoms with Crippen LogP contribution in [0.4, 0.5) is 0 Å². The summed E-state index contributed by atoms with van der Waals surface area (Å²) in [5, 5.41) is 3.32. The first-order valence-corrected chi connectivity index (χ1v) is 7.09. The van der Waals surface area contributed by atoms with Crippen molar-refractivity contribution in [3.8, 4) is 0 Å². The van der Waals surface area contributed by atoms with Gasteiger partial charge in [-0.05, 0) is 45.8 Å². The van der Waals surface area contributed by atoms with Gasteiger partial charge >= 0.3 is 5.97 Å². The molecule has 0 aliphatic rings. The molecule has 0 amide bonds. The van der Waals surface area contributed by atoms with Gasteiger partial charge < -0.3 is 15.0 Å². The highest BCUT2D eigenvalue weighted by molar-refractivity contribution is 5.80. The number of hydrogen-bond acceptors (Lipinski definition) is 4. The fourth-order valence-corrected chi connectivity index (χ4v) is 2.01. The molecule has 0 aromatic heterocycles. The van der Waals surface area contributed by atoms with Gasteiger partial charge in [0.1, 0.15) is 5.54 Å². The molecule has 108 valence electrons. The molecule has 1 atom stereocenters. The van der Waals surface area contributed by atoms with E-state index in [2.05, 4.69) is 31.0 Å². The summed E-state index contributed by atoms with van der Waals surface area (Å²) in [4.78, 5) is 14.3. The average Bonchev–Trinajstić information content (AvgIpc) is 2.40. The third kappa shape index (κ3) is 5.83. The third-order valence-electron chi connectivity index (χ3n) is 3.32. The Labute approximate surface area is 112 Å². The summed E-state index contributed by atoms with van der Waals surface area (Å²) in [6.07, 6.45) is 2.94. The van der Waals surface area contributed by atoms with Crippen molar-refractivity contribution in [1.29, 1.82) is 0 Å². The molecule has 0 aliphatic carbocycles. The SMILES string of the molecule is CCCNC(C)(CCN(CC)CCC)C(=O)OC. The van der Waals surface area contributed by atoms with E-state index in [1.54, 1.807) is 0 Å². The Bertz CT molecular complexity index is 234. The Morgan fingerprint density at radius 1 is 1.22 bits per heavy atom. The molecule has 4 nitrogen and oxygen atoms in total. The molecule has 0 bridgehead atoms. The van der Waals surface area contributed by atoms with Crippen molar-refractivity contribution in [1.82, 2.24) is 10.2 Å². The van der Waals surface area contributed by atoms with E-state index in [0.717, 1.165) is 45.4 Å². The molecule has 0 fully saturated rings. The van der Waals surface area contributed by atoms with E-state index >= 15 is 0 Å². The van der Waals surface area contributed by atoms with Crippen molar-refractivity contribution < 1.29 is 9.53 Å². The molecule has 1 N–H and O–H groups in total. The fourth-order valence-electron chi connectivity index (χ4n) is 2.01. The molecule has 0 rings (SSSR count). The molecule has 0 spiro atoms. The van der Waals surface area contributed by atoms with Gasteiger partial charge in [0.25, 0.3) is 0 Å². The second-order valence-electron chi connectivity index (χ2n) is 4.93. The molecule has 0 aromatic carbocycles. The van der Waals surface area contributed by atoms with Crippen molar-refractivity contribution >= 4 is 5.97 Å². The highest BCUT2D eigenvalue weighted by atomic mass is 16.5. The molecule has 4 heteroatoms. The van der Waals surface area contributed by atoms with Crippen LogP contribution in [0.3, 0.4) is 0 Å². The van der Waals surface area contributed by atoms with Crippen LogP contribution in [-0.2, 0) is 9.53 Å². The minimum atomic E-state index is -0.564. The standard InChI is InChI=1S/C14H30N2O2/c1-6-10-15-14(4,13(17)18-5)9-12-16(8-3)11-7-2/h15H,6-12H2,1-5H3. The minimum Gasteiger partial charge on any atom is -0.468 e. The quantitative estimate of drug-likeness (QED) is 0.609. The summed E-state index contributed by atoms with van der Waals surface area (Å²) in [5.74, 6) is -0.163. The number of carbonyl (C=O) groups is 1. The predicted molar refractivity (Wildman–Crippen MR) is 75.7 cm³/mol. The largest absolute Gasteiger partial charge is 0.468 e. The molecule has 0 saturated heterocycles. The summed E-state index contributed by atoms with van der Waals surface area (Å²) in [7, 11) is 1.46. The number of methoxy groups -OCH3 is 1. The lowest BCUT2D eigenvalue weighted by Gasteiger charge is -2.30. The maximum Gasteiger partial charge on any atom is 0.325 e. The zero-order valence-corrected chi connectivity index (χ0v) is 12.7. The molecule has 0 aliphatic heterocycles. The zero-order valence-electron chi connectivity index (χ0n) is 12.7. The summed E-state index contributed by atoms with van der Waals surface area (Å²) in [6, 6.07) is 0. The Morgan fingerprint density at radius 3 is 2.33 bits per heavy atom. The first-order chi connectivity index (χ1) is 8.53. The first kappa shape index (κ1) is 17.4. The van der Waals surface area contributed by atoms with Crippen molar-refractivity contribution in [3.05, 3.63) is 0 Å². The highest BCUT2D eigenvalue weighted by Gasteiger charge is 2.33. The Hall–Kier alpha value is -0.610. The van der Waals surface area contributed by atoms with E-state index in [4.69, 9.17) is 4.74 Å². The van der Waals surface area contributed by atoms with Crippen LogP contribution in [-0.4, -0.2) is 49.7 Å². The Balaban J connectivity index is 4.43. The minimum absolute atomic E-state index is 0.163. The lowest BCUT2D eigenvalue weighted by Crippen LogP contribution is -2.52. The number of esters is 1. The van der Waals surface area contributed by atoms with E-state index in [9.17, 15) is 4.79 Å². The predicted octanol–water partition coefficient (Wildman–Crippen LogP) is 2.04. The molecule has 0 saturated carbocycles. The van der Waals surface area contributed by atoms with E-state index in [-0.39, 0.29) is 5.97 Å². The van der Waals surface area contributed by atoms with Crippen LogP contribution in [0.15, 0.2) is 0 Å². The lowest BCUT2D eigenvalue weighted by atomic mass is 9.97. The number of nitrogens with zero attached hydrogens (tertiary/aromatic N) is 1. The van der Waals surface area contributed by atoms with Gasteiger partial charge in [-0.1, -0.05) is 20.8 Å². The molecule has 0 heterocycles. The van der Waals surface area contributed by atoms with Crippen LogP contribution < -0.4 is 5.32 Å². The Morgan fingerprint density at radius 2 is 1.89 bits per heavy atom. The van der Waals surface area contributed by atoms with E-state index < -0.39 is 5.54 Å². The molecule has 0 aromatic rings. The summed E-state index contributed by atoms with van der Waals surface area (Å²) in [5.41, 5.74) is -0.564. The summed E-state index contributed by atoms with van der Waals surface area (Å²) >= 11 is 0. The van der Waals surface area contributed by atoms with Crippen LogP contribution in [0.5, 0.6) is 0 Å². The average molecular weight is 258 g/mol. The molecule has 1 unspecified atom stereocenters. The maximum absolute atomic E-state index is 11.9. The van der Waals surface area contributed by atoms with Crippen LogP contribution in [0.25, 0.3) is 0 Å². The number of hydrogen-bond donors (Lipinski definition) is 1. The monoisotopic (exact) mass is 258 g/mol. The maximum atomic E-state index is 11.9. The molecular formula is C14H30N2O2. The highest BCUT2D eigenvalue weighted by Crippen LogP contribution is 2.13. The van der Waals surface area contributed by atoms with Gasteiger partial charge in [0.2, 0.25) is 0 Å². The van der Waals surface area contributed by atoms with Gasteiger partial charge in [-0.25, -0.2) is 0 Å². The summed E-state index contributed by atoms with van der Waals surface area (Å²) in [6.45, 7) is 12.2. The second-order valence-corrected chi connectivity index (χ2v) is 4.93. The lowest BCUT2D eigenvalue weighted by molar-refractivity contribution is -0.148. The van der Waals surface area contributed by atoms with Crippen LogP contribution >= 0.6 is 0 Å². The molecule has 0 radical (unpaired) electrons. The second kappa shape index (κ2) is 9.34. The van der Waals surface area contributed by atoms with Crippen molar-refractivity contribution in [3.63, 3.8) is 0 Å². The van der Waals surface area contributed by atoms with E-state index in [0.29, 0.717) is 0 Å². The van der Waals surface area contributed by atoms with Gasteiger partial charge in [0.05, 0.1) is 7.11 Å². The van der Waals surface area contributed by atoms with Gasteiger partial charge in [-0.2, -0.15) is 0 Å². The van der Waals surface area contributed by atoms with Crippen LogP contribution in [0.1, 0.15) is 47.0 Å². The summed E-state index contributed by atoms with van der Waals surface area (Å²) < 4.78 is 4.92. The number of rotatable bonds is 10. The van der Waals surface area contributed by atoms with Crippen molar-refractivity contribution in [2.75, 3.05) is 33.3 Å². The topological polar surface area (TPSA) is 41.6 Å². The number of nitrogens with one attached hydrogen (secondary N) is 1. The smallest absolute Gasteiger partial charge is 0.325 e. The van der Waals surface area contributed by atoms with Gasteiger partial charge in [-0.3, -0.25) is 4.79 Å². The molecule has 18 heavy (non-hydrogen) atoms. The fraction of sp³-hybridized carbons (Fsp3) is 0.929. The van der Waals surface area contributed by atoms with E-state index in [1.165, 1.54) is 7.11 Å². The number of carbonyl (C=O) groups excluding carboxylic acids is 1. The van der Waals surface area contributed by atoms with Gasteiger partial charge in [0, 0.05) is 6.54 Å². The van der Waals surface area contributed by atoms with Crippen molar-refractivity contribution in [2.45, 2.75) is 52.5 Å².